The van der Waals surface area contributed by atoms with Crippen LogP contribution in [0.5, 0.6) is 0 Å². The number of carbonyl (C=O) groups excluding carboxylic acids is 2. The molecule has 0 unspecified atom stereocenters. The Kier molecular flexibility index (Phi) is 6.09. The van der Waals surface area contributed by atoms with E-state index in [0.29, 0.717) is 34.1 Å². The van der Waals surface area contributed by atoms with E-state index in [1.54, 1.807) is 18.3 Å². The van der Waals surface area contributed by atoms with Crippen molar-refractivity contribution in [1.29, 1.82) is 0 Å². The van der Waals surface area contributed by atoms with Crippen LogP contribution in [0.1, 0.15) is 27.2 Å². The van der Waals surface area contributed by atoms with Crippen LogP contribution in [-0.2, 0) is 12.7 Å². The zero-order valence-corrected chi connectivity index (χ0v) is 19.6. The molecule has 12 heteroatoms. The Morgan fingerprint density at radius 1 is 0.974 bits per heavy atom. The van der Waals surface area contributed by atoms with Crippen LogP contribution in [0.3, 0.4) is 0 Å². The average molecular weight is 527 g/mol. The number of aromatic nitrogens is 2. The third-order valence-corrected chi connectivity index (χ3v) is 6.00. The van der Waals surface area contributed by atoms with Gasteiger partial charge in [0.1, 0.15) is 17.5 Å². The number of hydrogen-bond donors (Lipinski definition) is 4. The number of hydrogen-bond acceptors (Lipinski definition) is 3. The van der Waals surface area contributed by atoms with Crippen LogP contribution in [0.4, 0.5) is 38.1 Å². The van der Waals surface area contributed by atoms with Crippen LogP contribution in [0, 0.1) is 18.6 Å². The Morgan fingerprint density at radius 3 is 2.39 bits per heavy atom. The average Bonchev–Trinajstić information content (AvgIpc) is 3.45. The van der Waals surface area contributed by atoms with Crippen LogP contribution < -0.4 is 16.0 Å². The lowest BCUT2D eigenvalue weighted by Gasteiger charge is -2.15. The van der Waals surface area contributed by atoms with Gasteiger partial charge < -0.3 is 20.9 Å². The summed E-state index contributed by atoms with van der Waals surface area (Å²) in [5, 5.41) is 6.78. The Hall–Kier alpha value is -4.74. The Morgan fingerprint density at radius 2 is 1.71 bits per heavy atom. The summed E-state index contributed by atoms with van der Waals surface area (Å²) in [5.41, 5.74) is 0.393. The summed E-state index contributed by atoms with van der Waals surface area (Å²) in [6.07, 6.45) is -3.28. The van der Waals surface area contributed by atoms with Crippen molar-refractivity contribution in [2.45, 2.75) is 19.6 Å². The lowest BCUT2D eigenvalue weighted by atomic mass is 9.92. The number of rotatable bonds is 4. The van der Waals surface area contributed by atoms with Gasteiger partial charge in [-0.1, -0.05) is 12.1 Å². The number of aryl methyl sites for hydroxylation is 1. The van der Waals surface area contributed by atoms with Gasteiger partial charge in [0.05, 0.1) is 16.8 Å². The molecule has 3 aromatic carbocycles. The Bertz CT molecular complexity index is 1600. The van der Waals surface area contributed by atoms with Gasteiger partial charge in [-0.05, 0) is 54.4 Å². The second-order valence-electron chi connectivity index (χ2n) is 8.55. The molecular weight excluding hydrogens is 509 g/mol. The lowest BCUT2D eigenvalue weighted by Crippen LogP contribution is -2.23. The molecule has 0 saturated heterocycles. The molecule has 7 nitrogen and oxygen atoms in total. The number of fused-ring (bicyclic) bond motifs is 1. The fourth-order valence-electron chi connectivity index (χ4n) is 4.32. The number of imidazole rings is 1. The topological polar surface area (TPSA) is 98.9 Å². The third-order valence-electron chi connectivity index (χ3n) is 6.00. The van der Waals surface area contributed by atoms with E-state index in [-0.39, 0.29) is 23.7 Å². The van der Waals surface area contributed by atoms with Crippen molar-refractivity contribution >= 4 is 23.3 Å². The molecule has 1 aliphatic rings. The summed E-state index contributed by atoms with van der Waals surface area (Å²) in [7, 11) is 0. The van der Waals surface area contributed by atoms with Crippen LogP contribution in [0.15, 0.2) is 54.7 Å². The minimum Gasteiger partial charge on any atom is -0.348 e. The van der Waals surface area contributed by atoms with Crippen molar-refractivity contribution in [2.75, 3.05) is 10.6 Å². The molecule has 4 aromatic rings. The van der Waals surface area contributed by atoms with E-state index in [4.69, 9.17) is 0 Å². The number of carbonyl (C=O) groups is 2. The second-order valence-corrected chi connectivity index (χ2v) is 8.55. The normalized spacial score (nSPS) is 12.7. The zero-order valence-electron chi connectivity index (χ0n) is 19.6. The lowest BCUT2D eigenvalue weighted by molar-refractivity contribution is -0.137. The molecule has 194 valence electrons. The van der Waals surface area contributed by atoms with E-state index >= 15 is 4.39 Å². The standard InChI is InChI=1S/C26H18F5N5O2/c1-12-10-32-23(34-12)16-8-7-14(17-11-33-24(37)21(16)17)15-6-5-13(9-20(15)28)35-25(38)36-22-18(26(29,30)31)3-2-4-19(22)27/h2-10H,11H2,1H3,(H,32,34)(H,33,37)(H2,35,36,38). The first-order valence-corrected chi connectivity index (χ1v) is 11.2. The summed E-state index contributed by atoms with van der Waals surface area (Å²) < 4.78 is 68.8. The number of halogens is 5. The minimum atomic E-state index is -4.90. The molecule has 0 fully saturated rings. The highest BCUT2D eigenvalue weighted by Crippen LogP contribution is 2.38. The number of amides is 3. The molecule has 0 spiro atoms. The van der Waals surface area contributed by atoms with Crippen LogP contribution >= 0.6 is 0 Å². The molecule has 1 aromatic heterocycles. The van der Waals surface area contributed by atoms with Crippen molar-refractivity contribution in [2.24, 2.45) is 0 Å². The molecular formula is C26H18F5N5O2. The molecule has 0 bridgehead atoms. The first-order chi connectivity index (χ1) is 18.0. The molecule has 0 radical (unpaired) electrons. The molecule has 0 aliphatic carbocycles. The monoisotopic (exact) mass is 527 g/mol. The number of H-pyrrole nitrogens is 1. The van der Waals surface area contributed by atoms with Gasteiger partial charge in [-0.15, -0.1) is 0 Å². The first kappa shape index (κ1) is 24.9. The molecule has 2 heterocycles. The van der Waals surface area contributed by atoms with E-state index in [1.165, 1.54) is 12.1 Å². The fraction of sp³-hybridized carbons (Fsp3) is 0.115. The van der Waals surface area contributed by atoms with Crippen LogP contribution in [0.25, 0.3) is 22.5 Å². The number of anilines is 2. The van der Waals surface area contributed by atoms with Crippen molar-refractivity contribution in [1.82, 2.24) is 15.3 Å². The molecule has 0 saturated carbocycles. The van der Waals surface area contributed by atoms with E-state index in [2.05, 4.69) is 20.6 Å². The van der Waals surface area contributed by atoms with Gasteiger partial charge in [-0.25, -0.2) is 18.6 Å². The molecule has 38 heavy (non-hydrogen) atoms. The molecule has 4 N–H and O–H groups in total. The van der Waals surface area contributed by atoms with Crippen LogP contribution in [0.2, 0.25) is 0 Å². The van der Waals surface area contributed by atoms with Crippen molar-refractivity contribution in [3.05, 3.63) is 88.7 Å². The summed E-state index contributed by atoms with van der Waals surface area (Å²) in [6.45, 7) is 1.99. The van der Waals surface area contributed by atoms with Gasteiger partial charge in [-0.3, -0.25) is 4.79 Å². The Balaban J connectivity index is 1.42. The molecule has 0 atom stereocenters. The molecule has 3 amide bonds. The maximum absolute atomic E-state index is 15.2. The van der Waals surface area contributed by atoms with Gasteiger partial charge >= 0.3 is 12.2 Å². The minimum absolute atomic E-state index is 0.0813. The van der Waals surface area contributed by atoms with Gasteiger partial charge in [-0.2, -0.15) is 13.2 Å². The highest BCUT2D eigenvalue weighted by Gasteiger charge is 2.35. The molecule has 1 aliphatic heterocycles. The largest absolute Gasteiger partial charge is 0.418 e. The summed E-state index contributed by atoms with van der Waals surface area (Å²) >= 11 is 0. The number of aromatic amines is 1. The number of alkyl halides is 3. The van der Waals surface area contributed by atoms with Crippen molar-refractivity contribution in [3.8, 4) is 22.5 Å². The first-order valence-electron chi connectivity index (χ1n) is 11.2. The summed E-state index contributed by atoms with van der Waals surface area (Å²) in [6, 6.07) is 8.07. The number of benzene rings is 3. The van der Waals surface area contributed by atoms with Crippen LogP contribution in [-0.4, -0.2) is 21.9 Å². The quantitative estimate of drug-likeness (QED) is 0.237. The third kappa shape index (κ3) is 4.56. The fourth-order valence-corrected chi connectivity index (χ4v) is 4.32. The SMILES string of the molecule is Cc1cnc(-c2ccc(-c3ccc(NC(=O)Nc4c(F)cccc4C(F)(F)F)cc3F)c3c2C(=O)NC3)[nH]1. The maximum Gasteiger partial charge on any atom is 0.418 e. The number of para-hydroxylation sites is 1. The predicted molar refractivity (Wildman–Crippen MR) is 129 cm³/mol. The summed E-state index contributed by atoms with van der Waals surface area (Å²) in [5.74, 6) is -1.86. The second kappa shape index (κ2) is 9.29. The highest BCUT2D eigenvalue weighted by molar-refractivity contribution is 6.06. The Labute approximate surface area is 212 Å². The van der Waals surface area contributed by atoms with Gasteiger partial charge in [0.2, 0.25) is 0 Å². The van der Waals surface area contributed by atoms with Gasteiger partial charge in [0, 0.05) is 35.2 Å². The number of nitrogens with one attached hydrogen (secondary N) is 4. The number of nitrogens with zero attached hydrogens (tertiary/aromatic N) is 1. The van der Waals surface area contributed by atoms with Crippen molar-refractivity contribution < 1.29 is 31.5 Å². The van der Waals surface area contributed by atoms with E-state index in [9.17, 15) is 27.2 Å². The van der Waals surface area contributed by atoms with Gasteiger partial charge in [0.25, 0.3) is 5.91 Å². The smallest absolute Gasteiger partial charge is 0.348 e. The van der Waals surface area contributed by atoms with Gasteiger partial charge in [0.15, 0.2) is 0 Å². The van der Waals surface area contributed by atoms with E-state index in [0.717, 1.165) is 23.9 Å². The summed E-state index contributed by atoms with van der Waals surface area (Å²) in [4.78, 5) is 32.2. The number of urea groups is 1. The predicted octanol–water partition coefficient (Wildman–Crippen LogP) is 6.24. The maximum atomic E-state index is 15.2. The zero-order chi connectivity index (χ0) is 27.2. The van der Waals surface area contributed by atoms with Crippen molar-refractivity contribution in [3.63, 3.8) is 0 Å². The highest BCUT2D eigenvalue weighted by atomic mass is 19.4. The van der Waals surface area contributed by atoms with E-state index in [1.807, 2.05) is 12.2 Å². The molecule has 5 rings (SSSR count). The van der Waals surface area contributed by atoms with E-state index < -0.39 is 35.1 Å².